The molecule has 0 saturated heterocycles. The molecule has 0 aromatic heterocycles. The lowest BCUT2D eigenvalue weighted by atomic mass is 9.90. The fraction of sp³-hybridized carbons (Fsp3) is 0. The number of aldehydes is 1. The summed E-state index contributed by atoms with van der Waals surface area (Å²) in [5.74, 6) is -1.44. The number of fused-ring (bicyclic) bond motifs is 2. The van der Waals surface area contributed by atoms with Crippen LogP contribution in [-0.2, 0) is 0 Å². The molecule has 0 radical (unpaired) electrons. The number of hydrogen-bond acceptors (Lipinski definition) is 3. The Labute approximate surface area is 154 Å². The number of carbonyl (C=O) groups excluding carboxylic acids is 2. The Bertz CT molecular complexity index is 1230. The molecule has 0 amide bonds. The molecule has 0 atom stereocenters. The minimum atomic E-state index is -1.20. The van der Waals surface area contributed by atoms with Crippen molar-refractivity contribution in [2.45, 2.75) is 0 Å². The van der Waals surface area contributed by atoms with Crippen LogP contribution in [0.2, 0.25) is 0 Å². The number of benzene rings is 4. The van der Waals surface area contributed by atoms with Gasteiger partial charge in [-0.05, 0) is 27.6 Å². The van der Waals surface area contributed by atoms with Crippen LogP contribution < -0.4 is 0 Å². The molecule has 4 aromatic carbocycles. The van der Waals surface area contributed by atoms with E-state index < -0.39 is 5.97 Å². The summed E-state index contributed by atoms with van der Waals surface area (Å²) in [7, 11) is 0. The average molecular weight is 354 g/mol. The second-order valence-electron chi connectivity index (χ2n) is 6.21. The van der Waals surface area contributed by atoms with Gasteiger partial charge in [0.05, 0.1) is 5.56 Å². The van der Waals surface area contributed by atoms with Gasteiger partial charge in [0.25, 0.3) is 0 Å². The fourth-order valence-corrected chi connectivity index (χ4v) is 3.48. The molecule has 4 nitrogen and oxygen atoms in total. The first-order chi connectivity index (χ1) is 13.1. The van der Waals surface area contributed by atoms with E-state index in [-0.39, 0.29) is 16.9 Å². The van der Waals surface area contributed by atoms with Gasteiger partial charge in [-0.25, -0.2) is 4.79 Å². The molecule has 0 fully saturated rings. The van der Waals surface area contributed by atoms with E-state index in [0.29, 0.717) is 28.2 Å². The molecule has 0 aliphatic carbocycles. The van der Waals surface area contributed by atoms with Crippen LogP contribution in [0.4, 0.5) is 0 Å². The van der Waals surface area contributed by atoms with Crippen LogP contribution >= 0.6 is 0 Å². The molecule has 0 bridgehead atoms. The zero-order valence-corrected chi connectivity index (χ0v) is 14.2. The quantitative estimate of drug-likeness (QED) is 0.425. The van der Waals surface area contributed by atoms with E-state index in [2.05, 4.69) is 0 Å². The van der Waals surface area contributed by atoms with Gasteiger partial charge in [-0.3, -0.25) is 9.59 Å². The van der Waals surface area contributed by atoms with Crippen LogP contribution in [0.25, 0.3) is 21.5 Å². The summed E-state index contributed by atoms with van der Waals surface area (Å²) >= 11 is 0. The number of carboxylic acid groups (broad SMARTS) is 1. The van der Waals surface area contributed by atoms with Crippen molar-refractivity contribution < 1.29 is 19.5 Å². The van der Waals surface area contributed by atoms with E-state index in [1.807, 2.05) is 36.4 Å². The number of carbonyl (C=O) groups is 3. The van der Waals surface area contributed by atoms with Gasteiger partial charge < -0.3 is 5.11 Å². The molecule has 4 aromatic rings. The maximum absolute atomic E-state index is 13.4. The lowest BCUT2D eigenvalue weighted by Gasteiger charge is -2.12. The fourth-order valence-electron chi connectivity index (χ4n) is 3.48. The first-order valence-corrected chi connectivity index (χ1v) is 8.38. The standard InChI is InChI=1S/C23H14O4/c24-13-15-12-20(17-9-3-4-10-18(17)21(15)23(26)27)22(25)19-11-5-7-14-6-1-2-8-16(14)19/h1-13H,(H,26,27). The lowest BCUT2D eigenvalue weighted by molar-refractivity contribution is 0.0696. The second-order valence-corrected chi connectivity index (χ2v) is 6.21. The third-order valence-electron chi connectivity index (χ3n) is 4.69. The molecular weight excluding hydrogens is 340 g/mol. The van der Waals surface area contributed by atoms with Crippen molar-refractivity contribution in [2.75, 3.05) is 0 Å². The Balaban J connectivity index is 2.04. The molecule has 1 N–H and O–H groups in total. The maximum atomic E-state index is 13.4. The smallest absolute Gasteiger partial charge is 0.337 e. The number of aromatic carboxylic acids is 1. The second kappa shape index (κ2) is 6.50. The number of carboxylic acids is 1. The van der Waals surface area contributed by atoms with E-state index in [9.17, 15) is 19.5 Å². The van der Waals surface area contributed by atoms with Crippen molar-refractivity contribution in [1.82, 2.24) is 0 Å². The zero-order chi connectivity index (χ0) is 19.0. The van der Waals surface area contributed by atoms with Crippen molar-refractivity contribution in [3.8, 4) is 0 Å². The van der Waals surface area contributed by atoms with Crippen LogP contribution in [0.1, 0.15) is 36.6 Å². The van der Waals surface area contributed by atoms with Gasteiger partial charge in [0.2, 0.25) is 0 Å². The molecule has 27 heavy (non-hydrogen) atoms. The molecule has 0 unspecified atom stereocenters. The Kier molecular flexibility index (Phi) is 4.01. The summed E-state index contributed by atoms with van der Waals surface area (Å²) in [6.07, 6.45) is 0.482. The Morgan fingerprint density at radius 3 is 2.07 bits per heavy atom. The molecule has 130 valence electrons. The van der Waals surface area contributed by atoms with Crippen LogP contribution in [0.5, 0.6) is 0 Å². The van der Waals surface area contributed by atoms with Gasteiger partial charge in [0.1, 0.15) is 0 Å². The summed E-state index contributed by atoms with van der Waals surface area (Å²) in [6, 6.07) is 21.2. The molecule has 0 aliphatic rings. The van der Waals surface area contributed by atoms with Crippen LogP contribution in [0.15, 0.2) is 72.8 Å². The molecule has 0 aliphatic heterocycles. The third kappa shape index (κ3) is 2.68. The largest absolute Gasteiger partial charge is 0.478 e. The molecule has 0 spiro atoms. The van der Waals surface area contributed by atoms with E-state index in [1.54, 1.807) is 30.3 Å². The summed E-state index contributed by atoms with van der Waals surface area (Å²) < 4.78 is 0. The van der Waals surface area contributed by atoms with Crippen molar-refractivity contribution in [3.05, 3.63) is 95.1 Å². The van der Waals surface area contributed by atoms with Crippen molar-refractivity contribution >= 4 is 39.6 Å². The predicted octanol–water partition coefficient (Wildman–Crippen LogP) is 4.73. The molecule has 4 rings (SSSR count). The van der Waals surface area contributed by atoms with Gasteiger partial charge in [-0.2, -0.15) is 0 Å². The molecule has 0 heterocycles. The highest BCUT2D eigenvalue weighted by Crippen LogP contribution is 2.29. The average Bonchev–Trinajstić information content (AvgIpc) is 2.71. The van der Waals surface area contributed by atoms with E-state index in [0.717, 1.165) is 10.8 Å². The first kappa shape index (κ1) is 16.7. The van der Waals surface area contributed by atoms with Gasteiger partial charge in [0.15, 0.2) is 12.1 Å². The maximum Gasteiger partial charge on any atom is 0.337 e. The summed E-state index contributed by atoms with van der Waals surface area (Å²) in [5.41, 5.74) is 0.729. The summed E-state index contributed by atoms with van der Waals surface area (Å²) in [4.78, 5) is 36.6. The van der Waals surface area contributed by atoms with Gasteiger partial charge in [0, 0.05) is 16.7 Å². The molecule has 0 saturated carbocycles. The number of hydrogen-bond donors (Lipinski definition) is 1. The van der Waals surface area contributed by atoms with Crippen LogP contribution in [0.3, 0.4) is 0 Å². The predicted molar refractivity (Wildman–Crippen MR) is 104 cm³/mol. The van der Waals surface area contributed by atoms with Crippen molar-refractivity contribution in [2.24, 2.45) is 0 Å². The molecular formula is C23H14O4. The third-order valence-corrected chi connectivity index (χ3v) is 4.69. The number of ketones is 1. The first-order valence-electron chi connectivity index (χ1n) is 8.38. The molecule has 4 heteroatoms. The summed E-state index contributed by atoms with van der Waals surface area (Å²) in [5, 5.41) is 12.2. The van der Waals surface area contributed by atoms with Crippen molar-refractivity contribution in [1.29, 1.82) is 0 Å². The van der Waals surface area contributed by atoms with Gasteiger partial charge in [-0.1, -0.05) is 66.7 Å². The highest BCUT2D eigenvalue weighted by Gasteiger charge is 2.21. The monoisotopic (exact) mass is 354 g/mol. The van der Waals surface area contributed by atoms with E-state index in [4.69, 9.17) is 0 Å². The topological polar surface area (TPSA) is 71.4 Å². The minimum Gasteiger partial charge on any atom is -0.478 e. The van der Waals surface area contributed by atoms with Gasteiger partial charge >= 0.3 is 5.97 Å². The van der Waals surface area contributed by atoms with Gasteiger partial charge in [-0.15, -0.1) is 0 Å². The van der Waals surface area contributed by atoms with E-state index in [1.165, 1.54) is 6.07 Å². The SMILES string of the molecule is O=Cc1cc(C(=O)c2cccc3ccccc23)c2ccccc2c1C(=O)O. The van der Waals surface area contributed by atoms with Crippen molar-refractivity contribution in [3.63, 3.8) is 0 Å². The van der Waals surface area contributed by atoms with Crippen LogP contribution in [0, 0.1) is 0 Å². The highest BCUT2D eigenvalue weighted by atomic mass is 16.4. The Morgan fingerprint density at radius 2 is 1.37 bits per heavy atom. The number of rotatable bonds is 4. The normalized spacial score (nSPS) is 10.8. The Hall–Kier alpha value is -3.79. The highest BCUT2D eigenvalue weighted by molar-refractivity contribution is 6.24. The minimum absolute atomic E-state index is 0.00946. The lowest BCUT2D eigenvalue weighted by Crippen LogP contribution is -2.09. The van der Waals surface area contributed by atoms with Crippen LogP contribution in [-0.4, -0.2) is 23.1 Å². The summed E-state index contributed by atoms with van der Waals surface area (Å²) in [6.45, 7) is 0. The van der Waals surface area contributed by atoms with E-state index >= 15 is 0 Å². The Morgan fingerprint density at radius 1 is 0.741 bits per heavy atom. The zero-order valence-electron chi connectivity index (χ0n) is 14.2.